The van der Waals surface area contributed by atoms with Crippen LogP contribution >= 0.6 is 11.8 Å². The van der Waals surface area contributed by atoms with Crippen molar-refractivity contribution in [2.75, 3.05) is 18.6 Å². The standard InChI is InChI=1S/C21H39N7O7S/c1-11(2)16(20(34)35)28-19(33)14(6-7-15(29)30)27-18(32)13(5-4-9-25-21(23)24)26-17(31)12(22)8-10-36-3/h11-14,16H,4-10,22H2,1-3H3,(H,26,31)(H,27,32)(H,28,33)(H,29,30)(H,34,35)(H4,23,24,25). The Hall–Kier alpha value is -3.07. The van der Waals surface area contributed by atoms with Crippen molar-refractivity contribution in [2.45, 2.75) is 70.1 Å². The summed E-state index contributed by atoms with van der Waals surface area (Å²) >= 11 is 1.51. The van der Waals surface area contributed by atoms with Gasteiger partial charge >= 0.3 is 11.9 Å². The van der Waals surface area contributed by atoms with Crippen LogP contribution in [0.5, 0.6) is 0 Å². The highest BCUT2D eigenvalue weighted by atomic mass is 32.2. The molecule has 0 aromatic heterocycles. The van der Waals surface area contributed by atoms with E-state index < -0.39 is 66.2 Å². The maximum atomic E-state index is 13.1. The van der Waals surface area contributed by atoms with Crippen LogP contribution in [0.15, 0.2) is 4.99 Å². The molecule has 0 aliphatic heterocycles. The first kappa shape index (κ1) is 32.9. The highest BCUT2D eigenvalue weighted by Gasteiger charge is 2.31. The van der Waals surface area contributed by atoms with E-state index in [0.29, 0.717) is 18.6 Å². The molecule has 0 rings (SSSR count). The second kappa shape index (κ2) is 17.4. The van der Waals surface area contributed by atoms with Crippen molar-refractivity contribution in [3.05, 3.63) is 0 Å². The Balaban J connectivity index is 5.63. The lowest BCUT2D eigenvalue weighted by atomic mass is 10.0. The number of carboxylic acid groups (broad SMARTS) is 2. The molecule has 4 atom stereocenters. The molecule has 0 aromatic carbocycles. The molecule has 0 saturated heterocycles. The summed E-state index contributed by atoms with van der Waals surface area (Å²) in [5.74, 6) is -4.62. The molecule has 36 heavy (non-hydrogen) atoms. The van der Waals surface area contributed by atoms with E-state index in [9.17, 15) is 29.1 Å². The van der Waals surface area contributed by atoms with Crippen molar-refractivity contribution < 1.29 is 34.2 Å². The highest BCUT2D eigenvalue weighted by molar-refractivity contribution is 7.98. The van der Waals surface area contributed by atoms with Gasteiger partial charge in [0.15, 0.2) is 5.96 Å². The van der Waals surface area contributed by atoms with Crippen LogP contribution in [0.25, 0.3) is 0 Å². The molecule has 0 saturated carbocycles. The van der Waals surface area contributed by atoms with Crippen LogP contribution in [0.2, 0.25) is 0 Å². The fourth-order valence-electron chi connectivity index (χ4n) is 3.00. The Morgan fingerprint density at radius 2 is 1.44 bits per heavy atom. The van der Waals surface area contributed by atoms with Crippen molar-refractivity contribution in [3.8, 4) is 0 Å². The molecule has 0 radical (unpaired) electrons. The number of aliphatic imine (C=N–C) groups is 1. The summed E-state index contributed by atoms with van der Waals surface area (Å²) in [4.78, 5) is 64.7. The normalized spacial score (nSPS) is 14.1. The van der Waals surface area contributed by atoms with Gasteiger partial charge in [0.05, 0.1) is 6.04 Å². The maximum absolute atomic E-state index is 13.1. The molecule has 0 aliphatic carbocycles. The summed E-state index contributed by atoms with van der Waals surface area (Å²) < 4.78 is 0. The van der Waals surface area contributed by atoms with Gasteiger partial charge in [0.2, 0.25) is 17.7 Å². The zero-order chi connectivity index (χ0) is 27.8. The third kappa shape index (κ3) is 13.7. The zero-order valence-corrected chi connectivity index (χ0v) is 21.7. The van der Waals surface area contributed by atoms with Crippen LogP contribution < -0.4 is 33.2 Å². The second-order valence-electron chi connectivity index (χ2n) is 8.46. The number of carbonyl (C=O) groups excluding carboxylic acids is 3. The minimum Gasteiger partial charge on any atom is -0.481 e. The molecule has 14 nitrogen and oxygen atoms in total. The predicted molar refractivity (Wildman–Crippen MR) is 136 cm³/mol. The number of nitrogens with two attached hydrogens (primary N) is 3. The van der Waals surface area contributed by atoms with E-state index in [1.165, 1.54) is 11.8 Å². The summed E-state index contributed by atoms with van der Waals surface area (Å²) in [6.45, 7) is 3.36. The molecule has 0 heterocycles. The average Bonchev–Trinajstić information content (AvgIpc) is 2.79. The van der Waals surface area contributed by atoms with Crippen LogP contribution in [0.4, 0.5) is 0 Å². The van der Waals surface area contributed by atoms with Gasteiger partial charge < -0.3 is 43.4 Å². The fraction of sp³-hybridized carbons (Fsp3) is 0.714. The topological polar surface area (TPSA) is 252 Å². The number of thioether (sulfide) groups is 1. The molecule has 206 valence electrons. The van der Waals surface area contributed by atoms with E-state index in [2.05, 4.69) is 20.9 Å². The van der Waals surface area contributed by atoms with E-state index in [1.54, 1.807) is 13.8 Å². The van der Waals surface area contributed by atoms with Gasteiger partial charge in [-0.25, -0.2) is 4.79 Å². The highest BCUT2D eigenvalue weighted by Crippen LogP contribution is 2.07. The third-order valence-corrected chi connectivity index (χ3v) is 5.70. The lowest BCUT2D eigenvalue weighted by Crippen LogP contribution is -2.57. The number of carboxylic acids is 2. The summed E-state index contributed by atoms with van der Waals surface area (Å²) in [5.41, 5.74) is 16.5. The molecular weight excluding hydrogens is 494 g/mol. The molecule has 0 bridgehead atoms. The molecule has 15 heteroatoms. The van der Waals surface area contributed by atoms with Gasteiger partial charge in [-0.2, -0.15) is 11.8 Å². The van der Waals surface area contributed by atoms with Gasteiger partial charge in [-0.3, -0.25) is 24.2 Å². The second-order valence-corrected chi connectivity index (χ2v) is 9.45. The van der Waals surface area contributed by atoms with E-state index >= 15 is 0 Å². The summed E-state index contributed by atoms with van der Waals surface area (Å²) in [6.07, 6.45) is 1.89. The maximum Gasteiger partial charge on any atom is 0.326 e. The van der Waals surface area contributed by atoms with Gasteiger partial charge in [0.1, 0.15) is 18.1 Å². The molecule has 0 spiro atoms. The van der Waals surface area contributed by atoms with Crippen LogP contribution in [0.3, 0.4) is 0 Å². The van der Waals surface area contributed by atoms with Crippen molar-refractivity contribution in [1.82, 2.24) is 16.0 Å². The smallest absolute Gasteiger partial charge is 0.326 e. The Kier molecular flexibility index (Phi) is 15.9. The minimum absolute atomic E-state index is 0.0978. The molecule has 11 N–H and O–H groups in total. The molecule has 0 aromatic rings. The van der Waals surface area contributed by atoms with Crippen LogP contribution in [0, 0.1) is 5.92 Å². The van der Waals surface area contributed by atoms with Crippen LogP contribution in [-0.4, -0.2) is 88.6 Å². The van der Waals surface area contributed by atoms with E-state index in [0.717, 1.165) is 0 Å². The largest absolute Gasteiger partial charge is 0.481 e. The Morgan fingerprint density at radius 3 is 1.94 bits per heavy atom. The Bertz CT molecular complexity index is 791. The molecule has 0 fully saturated rings. The predicted octanol–water partition coefficient (Wildman–Crippen LogP) is -1.82. The number of carbonyl (C=O) groups is 5. The van der Waals surface area contributed by atoms with E-state index in [4.69, 9.17) is 22.3 Å². The molecule has 4 unspecified atom stereocenters. The van der Waals surface area contributed by atoms with Crippen molar-refractivity contribution >= 4 is 47.4 Å². The first-order chi connectivity index (χ1) is 16.8. The number of nitrogens with one attached hydrogen (secondary N) is 3. The monoisotopic (exact) mass is 533 g/mol. The number of aliphatic carboxylic acids is 2. The number of hydrogen-bond acceptors (Lipinski definition) is 8. The van der Waals surface area contributed by atoms with Crippen molar-refractivity contribution in [1.29, 1.82) is 0 Å². The fourth-order valence-corrected chi connectivity index (χ4v) is 3.49. The van der Waals surface area contributed by atoms with Gasteiger partial charge in [0, 0.05) is 13.0 Å². The number of guanidine groups is 1. The lowest BCUT2D eigenvalue weighted by molar-refractivity contribution is -0.144. The van der Waals surface area contributed by atoms with Crippen molar-refractivity contribution in [3.63, 3.8) is 0 Å². The zero-order valence-electron chi connectivity index (χ0n) is 20.9. The Labute approximate surface area is 214 Å². The summed E-state index contributed by atoms with van der Waals surface area (Å²) in [5, 5.41) is 25.7. The summed E-state index contributed by atoms with van der Waals surface area (Å²) in [7, 11) is 0. The average molecular weight is 534 g/mol. The molecule has 3 amide bonds. The van der Waals surface area contributed by atoms with Gasteiger partial charge in [0.25, 0.3) is 0 Å². The quantitative estimate of drug-likeness (QED) is 0.0553. The minimum atomic E-state index is -1.35. The van der Waals surface area contributed by atoms with Crippen LogP contribution in [-0.2, 0) is 24.0 Å². The first-order valence-corrected chi connectivity index (χ1v) is 12.8. The number of amides is 3. The SMILES string of the molecule is CSCCC(N)C(=O)NC(CCCN=C(N)N)C(=O)NC(CCC(=O)O)C(=O)NC(C(=O)O)C(C)C. The van der Waals surface area contributed by atoms with Crippen molar-refractivity contribution in [2.24, 2.45) is 28.1 Å². The number of nitrogens with zero attached hydrogens (tertiary/aromatic N) is 1. The van der Waals surface area contributed by atoms with E-state index in [1.807, 2.05) is 6.26 Å². The third-order valence-electron chi connectivity index (χ3n) is 5.06. The Morgan fingerprint density at radius 1 is 0.889 bits per heavy atom. The van der Waals surface area contributed by atoms with Gasteiger partial charge in [-0.15, -0.1) is 0 Å². The molecular formula is C21H39N7O7S. The summed E-state index contributed by atoms with van der Waals surface area (Å²) in [6, 6.07) is -4.57. The first-order valence-electron chi connectivity index (χ1n) is 11.5. The number of hydrogen-bond donors (Lipinski definition) is 8. The van der Waals surface area contributed by atoms with Crippen LogP contribution in [0.1, 0.15) is 46.0 Å². The van der Waals surface area contributed by atoms with Gasteiger partial charge in [-0.05, 0) is 43.6 Å². The van der Waals surface area contributed by atoms with Gasteiger partial charge in [-0.1, -0.05) is 13.8 Å². The molecule has 0 aliphatic rings. The lowest BCUT2D eigenvalue weighted by Gasteiger charge is -2.26. The number of rotatable bonds is 18. The van der Waals surface area contributed by atoms with E-state index in [-0.39, 0.29) is 25.3 Å².